The van der Waals surface area contributed by atoms with E-state index in [9.17, 15) is 14.7 Å². The Balaban J connectivity index is 1.40. The lowest BCUT2D eigenvalue weighted by Gasteiger charge is -2.45. The number of fused-ring (bicyclic) bond motifs is 3. The maximum Gasteiger partial charge on any atom is 0.252 e. The van der Waals surface area contributed by atoms with Crippen LogP contribution in [0.2, 0.25) is 5.02 Å². The normalized spacial score (nSPS) is 21.1. The number of ketones is 1. The number of aliphatic hydroxyl groups is 1. The third-order valence-corrected chi connectivity index (χ3v) is 7.57. The minimum absolute atomic E-state index is 0.111. The number of nitrogens with zero attached hydrogens (tertiary/aromatic N) is 2. The van der Waals surface area contributed by atoms with Crippen LogP contribution in [0, 0.1) is 0 Å². The molecule has 2 aliphatic rings. The fourth-order valence-electron chi connectivity index (χ4n) is 5.44. The molecule has 37 heavy (non-hydrogen) atoms. The Bertz CT molecular complexity index is 1540. The maximum atomic E-state index is 13.7. The summed E-state index contributed by atoms with van der Waals surface area (Å²) in [4.78, 5) is 36.2. The molecule has 9 heteroatoms. The molecule has 2 aromatic heterocycles. The number of para-hydroxylation sites is 1. The van der Waals surface area contributed by atoms with Crippen molar-refractivity contribution in [3.63, 3.8) is 0 Å². The van der Waals surface area contributed by atoms with Gasteiger partial charge in [-0.25, -0.2) is 4.98 Å². The van der Waals surface area contributed by atoms with Gasteiger partial charge >= 0.3 is 0 Å². The molecule has 0 bridgehead atoms. The number of carbonyl (C=O) groups is 2. The van der Waals surface area contributed by atoms with Crippen molar-refractivity contribution in [2.24, 2.45) is 0 Å². The number of amides is 1. The molecule has 3 heterocycles. The molecule has 0 radical (unpaired) electrons. The van der Waals surface area contributed by atoms with Crippen LogP contribution >= 0.6 is 11.6 Å². The molecule has 1 aliphatic carbocycles. The van der Waals surface area contributed by atoms with E-state index in [2.05, 4.69) is 15.3 Å². The molecule has 2 unspecified atom stereocenters. The summed E-state index contributed by atoms with van der Waals surface area (Å²) in [5, 5.41) is 14.7. The van der Waals surface area contributed by atoms with Crippen molar-refractivity contribution in [2.75, 3.05) is 17.3 Å². The summed E-state index contributed by atoms with van der Waals surface area (Å²) in [6, 6.07) is 14.3. The van der Waals surface area contributed by atoms with Crippen molar-refractivity contribution in [2.45, 2.75) is 37.3 Å². The number of benzene rings is 2. The molecule has 1 spiro atoms. The highest BCUT2D eigenvalue weighted by Crippen LogP contribution is 2.45. The third kappa shape index (κ3) is 3.93. The Morgan fingerprint density at radius 3 is 2.76 bits per heavy atom. The van der Waals surface area contributed by atoms with E-state index < -0.39 is 11.6 Å². The Morgan fingerprint density at radius 2 is 2.00 bits per heavy atom. The summed E-state index contributed by atoms with van der Waals surface area (Å²) < 4.78 is 5.84. The molecule has 3 N–H and O–H groups in total. The molecule has 1 amide bonds. The second-order valence-electron chi connectivity index (χ2n) is 9.65. The lowest BCUT2D eigenvalue weighted by Crippen LogP contribution is -2.59. The maximum absolute atomic E-state index is 13.7. The number of pyridine rings is 1. The number of rotatable bonds is 4. The van der Waals surface area contributed by atoms with Crippen molar-refractivity contribution in [1.29, 1.82) is 0 Å². The highest BCUT2D eigenvalue weighted by molar-refractivity contribution is 6.36. The SMILES string of the molecule is CN1C(=O)C2(CCCC(O)C2)Nc2c1cnc1[nH]cc(C(=O)c3ccc(Oc4ccccc4)cc3Cl)c21. The minimum Gasteiger partial charge on any atom is -0.457 e. The van der Waals surface area contributed by atoms with E-state index in [-0.39, 0.29) is 16.7 Å². The number of aliphatic hydroxyl groups excluding tert-OH is 1. The van der Waals surface area contributed by atoms with Crippen LogP contribution in [-0.4, -0.2) is 45.5 Å². The largest absolute Gasteiger partial charge is 0.457 e. The average Bonchev–Trinajstić information content (AvgIpc) is 3.33. The van der Waals surface area contributed by atoms with Crippen LogP contribution in [0.5, 0.6) is 11.5 Å². The summed E-state index contributed by atoms with van der Waals surface area (Å²) in [5.41, 5.74) is 1.52. The fourth-order valence-corrected chi connectivity index (χ4v) is 5.69. The number of hydrogen-bond donors (Lipinski definition) is 3. The predicted octanol–water partition coefficient (Wildman–Crippen LogP) is 5.30. The molecular weight excluding hydrogens is 492 g/mol. The molecule has 2 atom stereocenters. The van der Waals surface area contributed by atoms with Crippen LogP contribution in [-0.2, 0) is 4.79 Å². The van der Waals surface area contributed by atoms with Gasteiger partial charge in [0.15, 0.2) is 5.78 Å². The van der Waals surface area contributed by atoms with Gasteiger partial charge in [-0.3, -0.25) is 9.59 Å². The van der Waals surface area contributed by atoms with Crippen molar-refractivity contribution < 1.29 is 19.4 Å². The van der Waals surface area contributed by atoms with Gasteiger partial charge in [-0.15, -0.1) is 0 Å². The molecule has 1 fully saturated rings. The molecular formula is C28H25ClN4O4. The van der Waals surface area contributed by atoms with Gasteiger partial charge < -0.3 is 25.0 Å². The number of anilines is 2. The van der Waals surface area contributed by atoms with Gasteiger partial charge in [0.1, 0.15) is 22.7 Å². The Kier molecular flexibility index (Phi) is 5.66. The molecule has 188 valence electrons. The molecule has 1 aliphatic heterocycles. The molecule has 1 saturated carbocycles. The van der Waals surface area contributed by atoms with E-state index in [1.165, 1.54) is 0 Å². The van der Waals surface area contributed by atoms with Gasteiger partial charge in [0.25, 0.3) is 5.91 Å². The second kappa shape index (κ2) is 8.90. The monoisotopic (exact) mass is 516 g/mol. The number of nitrogens with one attached hydrogen (secondary N) is 2. The molecule has 4 aromatic rings. The van der Waals surface area contributed by atoms with Crippen LogP contribution < -0.4 is 15.0 Å². The van der Waals surface area contributed by atoms with Crippen molar-refractivity contribution in [3.8, 4) is 11.5 Å². The standard InChI is InChI=1S/C28H25ClN4O4/c1-33-22-15-31-26-23(24(22)32-28(27(33)36)11-5-6-16(34)13-28)20(14-30-26)25(35)19-10-9-18(12-21(19)29)37-17-7-3-2-4-8-17/h2-4,7-10,12,14-16,32,34H,5-6,11,13H2,1H3,(H,30,31). The Hall–Kier alpha value is -3.88. The van der Waals surface area contributed by atoms with E-state index in [0.717, 1.165) is 6.42 Å². The lowest BCUT2D eigenvalue weighted by molar-refractivity contribution is -0.125. The van der Waals surface area contributed by atoms with Gasteiger partial charge in [-0.2, -0.15) is 0 Å². The number of hydrogen-bond acceptors (Lipinski definition) is 6. The predicted molar refractivity (Wildman–Crippen MR) is 142 cm³/mol. The van der Waals surface area contributed by atoms with Gasteiger partial charge in [-0.05, 0) is 43.5 Å². The van der Waals surface area contributed by atoms with Crippen molar-refractivity contribution in [3.05, 3.63) is 77.1 Å². The van der Waals surface area contributed by atoms with Gasteiger partial charge in [0.2, 0.25) is 0 Å². The van der Waals surface area contributed by atoms with Crippen molar-refractivity contribution in [1.82, 2.24) is 9.97 Å². The number of aromatic amines is 1. The highest BCUT2D eigenvalue weighted by Gasteiger charge is 2.48. The molecule has 0 saturated heterocycles. The zero-order valence-electron chi connectivity index (χ0n) is 20.1. The first-order valence-corrected chi connectivity index (χ1v) is 12.6. The van der Waals surface area contributed by atoms with Crippen LogP contribution in [0.15, 0.2) is 60.9 Å². The van der Waals surface area contributed by atoms with Crippen molar-refractivity contribution >= 4 is 45.7 Å². The van der Waals surface area contributed by atoms with E-state index in [4.69, 9.17) is 16.3 Å². The first-order valence-electron chi connectivity index (χ1n) is 12.2. The van der Waals surface area contributed by atoms with Crippen LogP contribution in [0.1, 0.15) is 41.6 Å². The van der Waals surface area contributed by atoms with E-state index >= 15 is 0 Å². The number of likely N-dealkylation sites (N-methyl/N-ethyl adjacent to an activating group) is 1. The number of ether oxygens (including phenoxy) is 1. The number of carbonyl (C=O) groups excluding carboxylic acids is 2. The van der Waals surface area contributed by atoms with Gasteiger partial charge in [-0.1, -0.05) is 29.8 Å². The first kappa shape index (κ1) is 23.5. The summed E-state index contributed by atoms with van der Waals surface area (Å²) in [7, 11) is 1.70. The Labute approximate surface area is 218 Å². The van der Waals surface area contributed by atoms with E-state index in [1.54, 1.807) is 42.5 Å². The zero-order valence-corrected chi connectivity index (χ0v) is 20.9. The highest BCUT2D eigenvalue weighted by atomic mass is 35.5. The number of aromatic nitrogens is 2. The minimum atomic E-state index is -0.931. The summed E-state index contributed by atoms with van der Waals surface area (Å²) >= 11 is 6.55. The topological polar surface area (TPSA) is 108 Å². The quantitative estimate of drug-likeness (QED) is 0.318. The second-order valence-corrected chi connectivity index (χ2v) is 10.1. The molecule has 8 nitrogen and oxygen atoms in total. The average molecular weight is 517 g/mol. The van der Waals surface area contributed by atoms with Gasteiger partial charge in [0, 0.05) is 31.3 Å². The fraction of sp³-hybridized carbons (Fsp3) is 0.250. The lowest BCUT2D eigenvalue weighted by atomic mass is 9.77. The molecule has 6 rings (SSSR count). The summed E-state index contributed by atoms with van der Waals surface area (Å²) in [5.74, 6) is 0.793. The summed E-state index contributed by atoms with van der Waals surface area (Å²) in [6.45, 7) is 0. The van der Waals surface area contributed by atoms with Crippen LogP contribution in [0.25, 0.3) is 11.0 Å². The smallest absolute Gasteiger partial charge is 0.252 e. The number of H-pyrrole nitrogens is 1. The van der Waals surface area contributed by atoms with Crippen LogP contribution in [0.3, 0.4) is 0 Å². The van der Waals surface area contributed by atoms with E-state index in [1.807, 2.05) is 30.3 Å². The summed E-state index contributed by atoms with van der Waals surface area (Å²) in [6.07, 6.45) is 4.95. The van der Waals surface area contributed by atoms with Gasteiger partial charge in [0.05, 0.1) is 39.6 Å². The van der Waals surface area contributed by atoms with E-state index in [0.29, 0.717) is 64.3 Å². The third-order valence-electron chi connectivity index (χ3n) is 7.25. The Morgan fingerprint density at radius 1 is 1.19 bits per heavy atom. The first-order chi connectivity index (χ1) is 17.9. The number of halogens is 1. The molecule has 2 aromatic carbocycles. The van der Waals surface area contributed by atoms with Crippen LogP contribution in [0.4, 0.5) is 11.4 Å². The zero-order chi connectivity index (χ0) is 25.7.